The summed E-state index contributed by atoms with van der Waals surface area (Å²) in [5.41, 5.74) is 6.92. The van der Waals surface area contributed by atoms with Gasteiger partial charge in [0.05, 0.1) is 10.7 Å². The van der Waals surface area contributed by atoms with E-state index in [0.29, 0.717) is 0 Å². The minimum atomic E-state index is 0.777. The van der Waals surface area contributed by atoms with Gasteiger partial charge in [0, 0.05) is 11.3 Å². The molecule has 0 saturated carbocycles. The van der Waals surface area contributed by atoms with Gasteiger partial charge < -0.3 is 5.73 Å². The highest BCUT2D eigenvalue weighted by Gasteiger charge is 2.24. The predicted octanol–water partition coefficient (Wildman–Crippen LogP) is 2.80. The summed E-state index contributed by atoms with van der Waals surface area (Å²) in [5, 5.41) is 1.31. The van der Waals surface area contributed by atoms with Crippen molar-refractivity contribution in [2.24, 2.45) is 17.6 Å². The summed E-state index contributed by atoms with van der Waals surface area (Å²) in [6, 6.07) is 0. The number of rotatable bonds is 4. The molecule has 0 aromatic carbocycles. The molecule has 0 fully saturated rings. The highest BCUT2D eigenvalue weighted by Crippen LogP contribution is 2.33. The summed E-state index contributed by atoms with van der Waals surface area (Å²) in [7, 11) is 0. The van der Waals surface area contributed by atoms with Gasteiger partial charge in [0.1, 0.15) is 0 Å². The standard InChI is InChI=1S/C13H22N2S/c1-9(2)10-5-6-11-12(8-10)16-13(15-11)4-3-7-14/h9-10H,3-8,14H2,1-2H3. The van der Waals surface area contributed by atoms with Crippen LogP contribution in [0.4, 0.5) is 0 Å². The van der Waals surface area contributed by atoms with Crippen molar-refractivity contribution in [3.05, 3.63) is 15.6 Å². The van der Waals surface area contributed by atoms with Gasteiger partial charge >= 0.3 is 0 Å². The maximum atomic E-state index is 5.54. The molecule has 1 atom stereocenters. The normalized spacial score (nSPS) is 20.1. The predicted molar refractivity (Wildman–Crippen MR) is 69.8 cm³/mol. The Morgan fingerprint density at radius 1 is 1.50 bits per heavy atom. The van der Waals surface area contributed by atoms with Crippen LogP contribution in [0, 0.1) is 11.8 Å². The van der Waals surface area contributed by atoms with E-state index < -0.39 is 0 Å². The van der Waals surface area contributed by atoms with Gasteiger partial charge in [-0.2, -0.15) is 0 Å². The molecule has 1 aromatic rings. The van der Waals surface area contributed by atoms with Gasteiger partial charge in [-0.05, 0) is 44.1 Å². The molecule has 2 nitrogen and oxygen atoms in total. The van der Waals surface area contributed by atoms with E-state index in [2.05, 4.69) is 13.8 Å². The van der Waals surface area contributed by atoms with Gasteiger partial charge in [0.15, 0.2) is 0 Å². The zero-order chi connectivity index (χ0) is 11.5. The van der Waals surface area contributed by atoms with Crippen molar-refractivity contribution in [1.82, 2.24) is 4.98 Å². The number of fused-ring (bicyclic) bond motifs is 1. The first kappa shape index (κ1) is 12.1. The topological polar surface area (TPSA) is 38.9 Å². The van der Waals surface area contributed by atoms with Crippen molar-refractivity contribution in [2.45, 2.75) is 46.0 Å². The number of aryl methyl sites for hydroxylation is 2. The van der Waals surface area contributed by atoms with Crippen molar-refractivity contribution >= 4 is 11.3 Å². The molecule has 90 valence electrons. The minimum absolute atomic E-state index is 0.777. The molecule has 0 radical (unpaired) electrons. The average molecular weight is 238 g/mol. The lowest BCUT2D eigenvalue weighted by molar-refractivity contribution is 0.344. The van der Waals surface area contributed by atoms with E-state index in [-0.39, 0.29) is 0 Å². The third-order valence-corrected chi connectivity index (χ3v) is 4.74. The monoisotopic (exact) mass is 238 g/mol. The molecule has 1 heterocycles. The Balaban J connectivity index is 2.04. The summed E-state index contributed by atoms with van der Waals surface area (Å²) < 4.78 is 0. The number of thiazole rings is 1. The lowest BCUT2D eigenvalue weighted by Crippen LogP contribution is -2.17. The fourth-order valence-corrected chi connectivity index (χ4v) is 3.63. The van der Waals surface area contributed by atoms with E-state index >= 15 is 0 Å². The van der Waals surface area contributed by atoms with Gasteiger partial charge in [-0.15, -0.1) is 11.3 Å². The van der Waals surface area contributed by atoms with Crippen LogP contribution in [0.1, 0.15) is 42.3 Å². The molecule has 0 amide bonds. The summed E-state index contributed by atoms with van der Waals surface area (Å²) >= 11 is 1.93. The second kappa shape index (κ2) is 5.28. The largest absolute Gasteiger partial charge is 0.330 e. The van der Waals surface area contributed by atoms with Gasteiger partial charge in [-0.25, -0.2) is 4.98 Å². The molecule has 16 heavy (non-hydrogen) atoms. The van der Waals surface area contributed by atoms with E-state index in [1.165, 1.54) is 30.0 Å². The zero-order valence-corrected chi connectivity index (χ0v) is 11.1. The fourth-order valence-electron chi connectivity index (χ4n) is 2.38. The van der Waals surface area contributed by atoms with Crippen LogP contribution in [0.25, 0.3) is 0 Å². The third-order valence-electron chi connectivity index (χ3n) is 3.56. The molecule has 3 heteroatoms. The summed E-state index contributed by atoms with van der Waals surface area (Å²) in [6.07, 6.45) is 5.91. The second-order valence-corrected chi connectivity index (χ2v) is 6.28. The molecule has 2 rings (SSSR count). The lowest BCUT2D eigenvalue weighted by atomic mass is 9.83. The number of nitrogens with zero attached hydrogens (tertiary/aromatic N) is 1. The molecule has 1 aromatic heterocycles. The van der Waals surface area contributed by atoms with E-state index in [1.54, 1.807) is 4.88 Å². The van der Waals surface area contributed by atoms with Crippen LogP contribution in [0.3, 0.4) is 0 Å². The van der Waals surface area contributed by atoms with Crippen molar-refractivity contribution in [3.8, 4) is 0 Å². The molecule has 2 N–H and O–H groups in total. The Bertz CT molecular complexity index is 344. The fraction of sp³-hybridized carbons (Fsp3) is 0.769. The SMILES string of the molecule is CC(C)C1CCc2nc(CCCN)sc2C1. The smallest absolute Gasteiger partial charge is 0.0931 e. The highest BCUT2D eigenvalue weighted by atomic mass is 32.1. The first-order valence-electron chi connectivity index (χ1n) is 6.38. The number of aromatic nitrogens is 1. The molecule has 0 saturated heterocycles. The van der Waals surface area contributed by atoms with Crippen LogP contribution in [0.5, 0.6) is 0 Å². The van der Waals surface area contributed by atoms with Crippen LogP contribution in [0.2, 0.25) is 0 Å². The van der Waals surface area contributed by atoms with E-state index in [4.69, 9.17) is 10.7 Å². The van der Waals surface area contributed by atoms with Crippen LogP contribution >= 0.6 is 11.3 Å². The summed E-state index contributed by atoms with van der Waals surface area (Å²) in [6.45, 7) is 5.46. The summed E-state index contributed by atoms with van der Waals surface area (Å²) in [4.78, 5) is 6.30. The van der Waals surface area contributed by atoms with E-state index in [1.807, 2.05) is 11.3 Å². The van der Waals surface area contributed by atoms with Gasteiger partial charge in [-0.1, -0.05) is 13.8 Å². The number of nitrogens with two attached hydrogens (primary N) is 1. The van der Waals surface area contributed by atoms with Gasteiger partial charge in [0.2, 0.25) is 0 Å². The highest BCUT2D eigenvalue weighted by molar-refractivity contribution is 7.11. The van der Waals surface area contributed by atoms with Crippen LogP contribution in [0.15, 0.2) is 0 Å². The molecule has 0 aliphatic heterocycles. The minimum Gasteiger partial charge on any atom is -0.330 e. The van der Waals surface area contributed by atoms with E-state index in [9.17, 15) is 0 Å². The molecular formula is C13H22N2S. The molecule has 1 aliphatic rings. The Labute approximate surface area is 102 Å². The van der Waals surface area contributed by atoms with Crippen LogP contribution in [-0.4, -0.2) is 11.5 Å². The first-order valence-corrected chi connectivity index (χ1v) is 7.20. The Hall–Kier alpha value is -0.410. The molecule has 1 aliphatic carbocycles. The first-order chi connectivity index (χ1) is 7.70. The van der Waals surface area contributed by atoms with E-state index in [0.717, 1.165) is 31.2 Å². The second-order valence-electron chi connectivity index (χ2n) is 5.12. The Morgan fingerprint density at radius 3 is 3.00 bits per heavy atom. The lowest BCUT2D eigenvalue weighted by Gasteiger charge is -2.24. The average Bonchev–Trinajstić information content (AvgIpc) is 2.67. The maximum Gasteiger partial charge on any atom is 0.0931 e. The van der Waals surface area contributed by atoms with Gasteiger partial charge in [-0.3, -0.25) is 0 Å². The van der Waals surface area contributed by atoms with Crippen LogP contribution < -0.4 is 5.73 Å². The molecule has 0 bridgehead atoms. The van der Waals surface area contributed by atoms with Crippen molar-refractivity contribution < 1.29 is 0 Å². The molecule has 0 spiro atoms. The van der Waals surface area contributed by atoms with Crippen molar-refractivity contribution in [1.29, 1.82) is 0 Å². The number of hydrogen-bond donors (Lipinski definition) is 1. The quantitative estimate of drug-likeness (QED) is 0.876. The Morgan fingerprint density at radius 2 is 2.31 bits per heavy atom. The molecular weight excluding hydrogens is 216 g/mol. The number of hydrogen-bond acceptors (Lipinski definition) is 3. The van der Waals surface area contributed by atoms with Crippen molar-refractivity contribution in [2.75, 3.05) is 6.54 Å². The maximum absolute atomic E-state index is 5.54. The van der Waals surface area contributed by atoms with Crippen LogP contribution in [-0.2, 0) is 19.3 Å². The molecule has 1 unspecified atom stereocenters. The Kier molecular flexibility index (Phi) is 3.98. The van der Waals surface area contributed by atoms with Gasteiger partial charge in [0.25, 0.3) is 0 Å². The third kappa shape index (κ3) is 2.64. The summed E-state index contributed by atoms with van der Waals surface area (Å²) in [5.74, 6) is 1.68. The van der Waals surface area contributed by atoms with Crippen molar-refractivity contribution in [3.63, 3.8) is 0 Å². The zero-order valence-electron chi connectivity index (χ0n) is 10.3.